The van der Waals surface area contributed by atoms with Crippen molar-refractivity contribution in [3.63, 3.8) is 0 Å². The number of aliphatic hydroxyl groups excluding tert-OH is 1. The maximum atomic E-state index is 11.8. The summed E-state index contributed by atoms with van der Waals surface area (Å²) in [7, 11) is 0. The highest BCUT2D eigenvalue weighted by molar-refractivity contribution is 7.12. The van der Waals surface area contributed by atoms with Gasteiger partial charge in [0.2, 0.25) is 0 Å². The van der Waals surface area contributed by atoms with Crippen molar-refractivity contribution in [3.05, 3.63) is 22.4 Å². The number of rotatable bonds is 4. The monoisotopic (exact) mass is 297 g/mol. The molecule has 0 saturated carbocycles. The lowest BCUT2D eigenvalue weighted by molar-refractivity contribution is -0.124. The van der Waals surface area contributed by atoms with Gasteiger partial charge >= 0.3 is 0 Å². The average molecular weight is 297 g/mol. The highest BCUT2D eigenvalue weighted by Crippen LogP contribution is 2.15. The van der Waals surface area contributed by atoms with Crippen LogP contribution >= 0.6 is 11.3 Å². The average Bonchev–Trinajstić information content (AvgIpc) is 2.99. The second kappa shape index (κ2) is 7.37. The molecular formula is C13H19N3O3S. The van der Waals surface area contributed by atoms with Gasteiger partial charge in [-0.15, -0.1) is 11.3 Å². The van der Waals surface area contributed by atoms with E-state index < -0.39 is 0 Å². The number of likely N-dealkylation sites (tertiary alicyclic amines) is 1. The third-order valence-corrected chi connectivity index (χ3v) is 4.24. The van der Waals surface area contributed by atoms with Gasteiger partial charge in [-0.3, -0.25) is 25.3 Å². The number of amides is 2. The number of hydrogen-bond acceptors (Lipinski definition) is 5. The first-order valence-electron chi connectivity index (χ1n) is 6.68. The van der Waals surface area contributed by atoms with E-state index >= 15 is 0 Å². The number of nitrogens with one attached hydrogen (secondary N) is 2. The van der Waals surface area contributed by atoms with Crippen molar-refractivity contribution in [1.82, 2.24) is 15.8 Å². The van der Waals surface area contributed by atoms with Gasteiger partial charge in [-0.25, -0.2) is 0 Å². The first-order valence-corrected chi connectivity index (χ1v) is 7.56. The summed E-state index contributed by atoms with van der Waals surface area (Å²) in [6, 6.07) is 3.52. The highest BCUT2D eigenvalue weighted by Gasteiger charge is 2.23. The van der Waals surface area contributed by atoms with Crippen LogP contribution < -0.4 is 10.9 Å². The van der Waals surface area contributed by atoms with Crippen LogP contribution in [-0.4, -0.2) is 47.6 Å². The Morgan fingerprint density at radius 1 is 1.40 bits per heavy atom. The van der Waals surface area contributed by atoms with E-state index in [-0.39, 0.29) is 31.0 Å². The summed E-state index contributed by atoms with van der Waals surface area (Å²) >= 11 is 1.32. The van der Waals surface area contributed by atoms with Gasteiger partial charge in [0.05, 0.1) is 18.0 Å². The topological polar surface area (TPSA) is 81.7 Å². The third kappa shape index (κ3) is 4.03. The second-order valence-corrected chi connectivity index (χ2v) is 5.73. The molecule has 1 aliphatic heterocycles. The van der Waals surface area contributed by atoms with E-state index in [1.165, 1.54) is 11.3 Å². The van der Waals surface area contributed by atoms with Crippen molar-refractivity contribution in [2.75, 3.05) is 19.7 Å². The number of carbonyl (C=O) groups excluding carboxylic acids is 2. The first-order chi connectivity index (χ1) is 9.70. The molecule has 20 heavy (non-hydrogen) atoms. The Morgan fingerprint density at radius 2 is 2.25 bits per heavy atom. The molecule has 2 amide bonds. The van der Waals surface area contributed by atoms with E-state index in [4.69, 9.17) is 0 Å². The molecule has 6 nitrogen and oxygen atoms in total. The molecule has 1 aliphatic rings. The summed E-state index contributed by atoms with van der Waals surface area (Å²) in [5.74, 6) is -0.582. The Hall–Kier alpha value is -1.44. The maximum Gasteiger partial charge on any atom is 0.279 e. The highest BCUT2D eigenvalue weighted by atomic mass is 32.1. The Labute approximate surface area is 121 Å². The number of carbonyl (C=O) groups is 2. The molecule has 7 heteroatoms. The van der Waals surface area contributed by atoms with Crippen molar-refractivity contribution in [1.29, 1.82) is 0 Å². The van der Waals surface area contributed by atoms with E-state index in [2.05, 4.69) is 10.9 Å². The van der Waals surface area contributed by atoms with Gasteiger partial charge in [0, 0.05) is 6.04 Å². The number of hydrazine groups is 1. The zero-order valence-corrected chi connectivity index (χ0v) is 12.0. The van der Waals surface area contributed by atoms with E-state index in [0.717, 1.165) is 25.8 Å². The number of aliphatic hydroxyl groups is 1. The second-order valence-electron chi connectivity index (χ2n) is 4.78. The molecule has 0 radical (unpaired) electrons. The van der Waals surface area contributed by atoms with E-state index in [1.807, 2.05) is 4.90 Å². The van der Waals surface area contributed by atoms with Crippen molar-refractivity contribution in [2.45, 2.75) is 25.3 Å². The third-order valence-electron chi connectivity index (χ3n) is 3.37. The summed E-state index contributed by atoms with van der Waals surface area (Å²) in [6.45, 7) is 1.06. The lowest BCUT2D eigenvalue weighted by atomic mass is 10.0. The van der Waals surface area contributed by atoms with Crippen molar-refractivity contribution in [2.24, 2.45) is 0 Å². The Kier molecular flexibility index (Phi) is 5.51. The Morgan fingerprint density at radius 3 is 2.95 bits per heavy atom. The van der Waals surface area contributed by atoms with Crippen LogP contribution in [0.15, 0.2) is 17.5 Å². The quantitative estimate of drug-likeness (QED) is 0.701. The molecule has 110 valence electrons. The fourth-order valence-electron chi connectivity index (χ4n) is 2.29. The summed E-state index contributed by atoms with van der Waals surface area (Å²) in [4.78, 5) is 26.0. The molecule has 3 N–H and O–H groups in total. The molecule has 0 bridgehead atoms. The predicted octanol–water partition coefficient (Wildman–Crippen LogP) is 0.356. The molecule has 1 aromatic rings. The summed E-state index contributed by atoms with van der Waals surface area (Å²) < 4.78 is 0. The fraction of sp³-hybridized carbons (Fsp3) is 0.538. The van der Waals surface area contributed by atoms with Crippen LogP contribution in [0.3, 0.4) is 0 Å². The van der Waals surface area contributed by atoms with E-state index in [9.17, 15) is 14.7 Å². The Balaban J connectivity index is 1.76. The molecule has 1 aromatic heterocycles. The maximum absolute atomic E-state index is 11.8. The van der Waals surface area contributed by atoms with Crippen LogP contribution in [-0.2, 0) is 4.79 Å². The SMILES string of the molecule is O=C(CN1CCCCC1CO)NNC(=O)c1cccs1. The van der Waals surface area contributed by atoms with Crippen LogP contribution in [0.1, 0.15) is 28.9 Å². The van der Waals surface area contributed by atoms with Gasteiger partial charge in [-0.1, -0.05) is 12.5 Å². The summed E-state index contributed by atoms with van der Waals surface area (Å²) in [6.07, 6.45) is 3.02. The van der Waals surface area contributed by atoms with Crippen LogP contribution in [0.2, 0.25) is 0 Å². The fourth-order valence-corrected chi connectivity index (χ4v) is 2.91. The van der Waals surface area contributed by atoms with Gasteiger partial charge in [0.15, 0.2) is 0 Å². The molecule has 0 aromatic carbocycles. The van der Waals surface area contributed by atoms with Gasteiger partial charge in [-0.2, -0.15) is 0 Å². The van der Waals surface area contributed by atoms with E-state index in [1.54, 1.807) is 17.5 Å². The molecule has 1 unspecified atom stereocenters. The molecular weight excluding hydrogens is 278 g/mol. The molecule has 2 rings (SSSR count). The Bertz CT molecular complexity index is 450. The van der Waals surface area contributed by atoms with Crippen LogP contribution in [0.4, 0.5) is 0 Å². The van der Waals surface area contributed by atoms with E-state index in [0.29, 0.717) is 4.88 Å². The molecule has 1 saturated heterocycles. The van der Waals surface area contributed by atoms with Gasteiger partial charge in [0.1, 0.15) is 0 Å². The number of piperidine rings is 1. The van der Waals surface area contributed by atoms with Crippen LogP contribution in [0.25, 0.3) is 0 Å². The largest absolute Gasteiger partial charge is 0.395 e. The molecule has 2 heterocycles. The zero-order valence-electron chi connectivity index (χ0n) is 11.2. The minimum Gasteiger partial charge on any atom is -0.395 e. The van der Waals surface area contributed by atoms with Crippen molar-refractivity contribution >= 4 is 23.2 Å². The van der Waals surface area contributed by atoms with Gasteiger partial charge < -0.3 is 5.11 Å². The summed E-state index contributed by atoms with van der Waals surface area (Å²) in [5, 5.41) is 11.1. The molecule has 1 fully saturated rings. The molecule has 1 atom stereocenters. The smallest absolute Gasteiger partial charge is 0.279 e. The summed E-state index contributed by atoms with van der Waals surface area (Å²) in [5.41, 5.74) is 4.80. The number of thiophene rings is 1. The van der Waals surface area contributed by atoms with Crippen LogP contribution in [0.5, 0.6) is 0 Å². The van der Waals surface area contributed by atoms with Crippen molar-refractivity contribution in [3.8, 4) is 0 Å². The lowest BCUT2D eigenvalue weighted by Gasteiger charge is -2.33. The molecule has 0 aliphatic carbocycles. The van der Waals surface area contributed by atoms with Gasteiger partial charge in [-0.05, 0) is 30.8 Å². The molecule has 0 spiro atoms. The minimum atomic E-state index is -0.314. The zero-order chi connectivity index (χ0) is 14.4. The standard InChI is InChI=1S/C13H19N3O3S/c17-9-10-4-1-2-6-16(10)8-12(18)14-15-13(19)11-5-3-7-20-11/h3,5,7,10,17H,1-2,4,6,8-9H2,(H,14,18)(H,15,19). The van der Waals surface area contributed by atoms with Crippen molar-refractivity contribution < 1.29 is 14.7 Å². The number of hydrogen-bond donors (Lipinski definition) is 3. The minimum absolute atomic E-state index is 0.0440. The van der Waals surface area contributed by atoms with Crippen LogP contribution in [0, 0.1) is 0 Å². The normalized spacial score (nSPS) is 19.6. The lowest BCUT2D eigenvalue weighted by Crippen LogP contribution is -2.50. The first kappa shape index (κ1) is 15.0. The predicted molar refractivity (Wildman–Crippen MR) is 76.2 cm³/mol. The van der Waals surface area contributed by atoms with Gasteiger partial charge in [0.25, 0.3) is 11.8 Å². The number of nitrogens with zero attached hydrogens (tertiary/aromatic N) is 1.